The van der Waals surface area contributed by atoms with Gasteiger partial charge in [0.05, 0.1) is 9.79 Å². The van der Waals surface area contributed by atoms with Crippen molar-refractivity contribution in [3.05, 3.63) is 24.3 Å². The van der Waals surface area contributed by atoms with Gasteiger partial charge in [-0.25, -0.2) is 25.9 Å². The average Bonchev–Trinajstić information content (AvgIpc) is 2.95. The summed E-state index contributed by atoms with van der Waals surface area (Å²) in [5.74, 6) is 0. The van der Waals surface area contributed by atoms with Crippen LogP contribution in [0.4, 0.5) is 0 Å². The van der Waals surface area contributed by atoms with Crippen LogP contribution in [-0.2, 0) is 20.0 Å². The minimum absolute atomic E-state index is 0.0569. The predicted molar refractivity (Wildman–Crippen MR) is 87.9 cm³/mol. The maximum Gasteiger partial charge on any atom is 0.242 e. The molecule has 0 unspecified atom stereocenters. The quantitative estimate of drug-likeness (QED) is 0.766. The van der Waals surface area contributed by atoms with E-state index in [9.17, 15) is 16.8 Å². The Hall–Kier alpha value is -1.00. The summed E-state index contributed by atoms with van der Waals surface area (Å²) in [6.45, 7) is 0.224. The SMILES string of the molecule is CN(C)S(=O)(=O)c1cccc(S(=O)(=O)NC2(CN)CCCC2)c1. The first-order valence-corrected chi connectivity index (χ1v) is 10.3. The number of sulfonamides is 2. The molecule has 1 saturated carbocycles. The minimum atomic E-state index is -3.84. The van der Waals surface area contributed by atoms with Gasteiger partial charge in [-0.3, -0.25) is 0 Å². The first kappa shape index (κ1) is 18.3. The van der Waals surface area contributed by atoms with Gasteiger partial charge in [0, 0.05) is 26.2 Å². The van der Waals surface area contributed by atoms with Crippen molar-refractivity contribution in [3.63, 3.8) is 0 Å². The molecule has 3 N–H and O–H groups in total. The molecule has 0 amide bonds. The van der Waals surface area contributed by atoms with Crippen LogP contribution in [0.3, 0.4) is 0 Å². The number of nitrogens with one attached hydrogen (secondary N) is 1. The van der Waals surface area contributed by atoms with Gasteiger partial charge in [0.1, 0.15) is 0 Å². The number of benzene rings is 1. The molecule has 130 valence electrons. The fourth-order valence-electron chi connectivity index (χ4n) is 2.76. The van der Waals surface area contributed by atoms with Gasteiger partial charge in [-0.2, -0.15) is 0 Å². The third-order valence-electron chi connectivity index (χ3n) is 4.20. The molecule has 0 saturated heterocycles. The molecule has 9 heteroatoms. The summed E-state index contributed by atoms with van der Waals surface area (Å²) in [6.07, 6.45) is 3.24. The van der Waals surface area contributed by atoms with Crippen LogP contribution in [0.2, 0.25) is 0 Å². The molecule has 23 heavy (non-hydrogen) atoms. The topological polar surface area (TPSA) is 110 Å². The van der Waals surface area contributed by atoms with Crippen molar-refractivity contribution in [2.45, 2.75) is 41.0 Å². The van der Waals surface area contributed by atoms with Crippen molar-refractivity contribution in [2.24, 2.45) is 5.73 Å². The Morgan fingerprint density at radius 3 is 2.22 bits per heavy atom. The molecule has 0 aromatic heterocycles. The zero-order valence-corrected chi connectivity index (χ0v) is 15.0. The van der Waals surface area contributed by atoms with Gasteiger partial charge in [0.25, 0.3) is 0 Å². The Bertz CT molecular complexity index is 767. The van der Waals surface area contributed by atoms with E-state index in [1.54, 1.807) is 0 Å². The summed E-state index contributed by atoms with van der Waals surface area (Å²) in [6, 6.07) is 5.37. The summed E-state index contributed by atoms with van der Waals surface area (Å²) < 4.78 is 53.3. The molecule has 0 heterocycles. The number of nitrogens with zero attached hydrogens (tertiary/aromatic N) is 1. The standard InChI is InChI=1S/C14H23N3O4S2/c1-17(2)23(20,21)13-7-5-6-12(10-13)22(18,19)16-14(11-15)8-3-4-9-14/h5-7,10,16H,3-4,8-9,11,15H2,1-2H3. The van der Waals surface area contributed by atoms with E-state index in [4.69, 9.17) is 5.73 Å². The smallest absolute Gasteiger partial charge is 0.242 e. The van der Waals surface area contributed by atoms with E-state index in [1.807, 2.05) is 0 Å². The lowest BCUT2D eigenvalue weighted by Crippen LogP contribution is -2.51. The second kappa shape index (κ2) is 6.48. The van der Waals surface area contributed by atoms with Gasteiger partial charge < -0.3 is 5.73 Å². The van der Waals surface area contributed by atoms with Crippen LogP contribution in [0.1, 0.15) is 25.7 Å². The van der Waals surface area contributed by atoms with E-state index in [0.717, 1.165) is 17.1 Å². The van der Waals surface area contributed by atoms with Gasteiger partial charge in [0.15, 0.2) is 0 Å². The molecule has 2 rings (SSSR count). The third kappa shape index (κ3) is 3.74. The second-order valence-electron chi connectivity index (χ2n) is 6.06. The fraction of sp³-hybridized carbons (Fsp3) is 0.571. The maximum atomic E-state index is 12.6. The fourth-order valence-corrected chi connectivity index (χ4v) is 5.29. The van der Waals surface area contributed by atoms with Crippen LogP contribution in [-0.4, -0.2) is 47.3 Å². The van der Waals surface area contributed by atoms with E-state index in [0.29, 0.717) is 12.8 Å². The lowest BCUT2D eigenvalue weighted by atomic mass is 10.0. The first-order chi connectivity index (χ1) is 10.6. The zero-order valence-electron chi connectivity index (χ0n) is 13.3. The van der Waals surface area contributed by atoms with Crippen LogP contribution in [0.5, 0.6) is 0 Å². The highest BCUT2D eigenvalue weighted by Crippen LogP contribution is 2.30. The molecule has 1 aromatic rings. The highest BCUT2D eigenvalue weighted by atomic mass is 32.2. The molecule has 0 radical (unpaired) electrons. The van der Waals surface area contributed by atoms with Crippen molar-refractivity contribution in [1.29, 1.82) is 0 Å². The normalized spacial score (nSPS) is 18.4. The van der Waals surface area contributed by atoms with E-state index >= 15 is 0 Å². The summed E-state index contributed by atoms with van der Waals surface area (Å²) in [5, 5.41) is 0. The van der Waals surface area contributed by atoms with Crippen molar-refractivity contribution in [1.82, 2.24) is 9.03 Å². The largest absolute Gasteiger partial charge is 0.329 e. The van der Waals surface area contributed by atoms with Crippen molar-refractivity contribution >= 4 is 20.0 Å². The molecule has 1 aliphatic carbocycles. The highest BCUT2D eigenvalue weighted by molar-refractivity contribution is 7.90. The lowest BCUT2D eigenvalue weighted by Gasteiger charge is -2.28. The van der Waals surface area contributed by atoms with E-state index in [2.05, 4.69) is 4.72 Å². The third-order valence-corrected chi connectivity index (χ3v) is 7.58. The molecule has 7 nitrogen and oxygen atoms in total. The zero-order chi connectivity index (χ0) is 17.3. The minimum Gasteiger partial charge on any atom is -0.329 e. The number of nitrogens with two attached hydrogens (primary N) is 1. The highest BCUT2D eigenvalue weighted by Gasteiger charge is 2.37. The Morgan fingerprint density at radius 1 is 1.13 bits per heavy atom. The van der Waals surface area contributed by atoms with Crippen molar-refractivity contribution in [2.75, 3.05) is 20.6 Å². The summed E-state index contributed by atoms with van der Waals surface area (Å²) in [5.41, 5.74) is 5.13. The summed E-state index contributed by atoms with van der Waals surface area (Å²) in [7, 11) is -4.73. The van der Waals surface area contributed by atoms with Crippen molar-refractivity contribution in [3.8, 4) is 0 Å². The van der Waals surface area contributed by atoms with Crippen LogP contribution in [0.15, 0.2) is 34.1 Å². The molecule has 1 aromatic carbocycles. The lowest BCUT2D eigenvalue weighted by molar-refractivity contribution is 0.399. The number of hydrogen-bond acceptors (Lipinski definition) is 5. The van der Waals surface area contributed by atoms with Gasteiger partial charge in [0.2, 0.25) is 20.0 Å². The monoisotopic (exact) mass is 361 g/mol. The van der Waals surface area contributed by atoms with E-state index in [-0.39, 0.29) is 16.3 Å². The number of hydrogen-bond donors (Lipinski definition) is 2. The Kier molecular flexibility index (Phi) is 5.17. The molecular weight excluding hydrogens is 338 g/mol. The van der Waals surface area contributed by atoms with Gasteiger partial charge >= 0.3 is 0 Å². The molecule has 0 atom stereocenters. The van der Waals surface area contributed by atoms with Crippen LogP contribution >= 0.6 is 0 Å². The van der Waals surface area contributed by atoms with E-state index < -0.39 is 25.6 Å². The molecule has 0 aliphatic heterocycles. The van der Waals surface area contributed by atoms with E-state index in [1.165, 1.54) is 38.4 Å². The molecule has 1 fully saturated rings. The van der Waals surface area contributed by atoms with Crippen molar-refractivity contribution < 1.29 is 16.8 Å². The summed E-state index contributed by atoms with van der Waals surface area (Å²) >= 11 is 0. The van der Waals surface area contributed by atoms with Crippen LogP contribution < -0.4 is 10.5 Å². The van der Waals surface area contributed by atoms with Crippen LogP contribution in [0.25, 0.3) is 0 Å². The Labute approximate surface area is 138 Å². The molecule has 1 aliphatic rings. The maximum absolute atomic E-state index is 12.6. The summed E-state index contributed by atoms with van der Waals surface area (Å²) in [4.78, 5) is -0.126. The average molecular weight is 361 g/mol. The van der Waals surface area contributed by atoms with Gasteiger partial charge in [-0.05, 0) is 31.0 Å². The first-order valence-electron chi connectivity index (χ1n) is 7.40. The van der Waals surface area contributed by atoms with Gasteiger partial charge in [-0.15, -0.1) is 0 Å². The molecule has 0 bridgehead atoms. The van der Waals surface area contributed by atoms with Crippen LogP contribution in [0, 0.1) is 0 Å². The molecular formula is C14H23N3O4S2. The molecule has 0 spiro atoms. The Balaban J connectivity index is 2.38. The van der Waals surface area contributed by atoms with Gasteiger partial charge in [-0.1, -0.05) is 18.9 Å². The number of rotatable bonds is 6. The predicted octanol–water partition coefficient (Wildman–Crippen LogP) is 0.487. The Morgan fingerprint density at radius 2 is 1.70 bits per heavy atom. The second-order valence-corrected chi connectivity index (χ2v) is 9.89.